The molecule has 1 aliphatic rings. The van der Waals surface area contributed by atoms with E-state index < -0.39 is 0 Å². The summed E-state index contributed by atoms with van der Waals surface area (Å²) in [5, 5.41) is 3.61. The van der Waals surface area contributed by atoms with Crippen molar-refractivity contribution < 1.29 is 4.79 Å². The molecule has 1 amide bonds. The van der Waals surface area contributed by atoms with Crippen molar-refractivity contribution in [3.8, 4) is 0 Å². The first-order valence-electron chi connectivity index (χ1n) is 6.88. The van der Waals surface area contributed by atoms with Crippen LogP contribution in [0.15, 0.2) is 36.5 Å². The standard InChI is InChI=1S/C15H15ClN4O/c16-11-5-1-2-6-12(11)18-15-17-8-7-13(19-15)14(21)20-9-3-4-10-20/h1-2,5-8H,3-4,9-10H2,(H,17,18,19). The van der Waals surface area contributed by atoms with Gasteiger partial charge in [0.2, 0.25) is 5.95 Å². The highest BCUT2D eigenvalue weighted by Gasteiger charge is 2.20. The second kappa shape index (κ2) is 6.10. The number of nitrogens with one attached hydrogen (secondary N) is 1. The van der Waals surface area contributed by atoms with E-state index in [0.29, 0.717) is 22.4 Å². The van der Waals surface area contributed by atoms with Gasteiger partial charge in [0.1, 0.15) is 5.69 Å². The van der Waals surface area contributed by atoms with E-state index in [9.17, 15) is 4.79 Å². The molecule has 1 saturated heterocycles. The average Bonchev–Trinajstić information content (AvgIpc) is 3.03. The molecule has 1 N–H and O–H groups in total. The van der Waals surface area contributed by atoms with Crippen molar-refractivity contribution in [2.75, 3.05) is 18.4 Å². The molecule has 0 saturated carbocycles. The van der Waals surface area contributed by atoms with Gasteiger partial charge in [0.15, 0.2) is 0 Å². The number of hydrogen-bond acceptors (Lipinski definition) is 4. The van der Waals surface area contributed by atoms with Crippen LogP contribution in [0.1, 0.15) is 23.3 Å². The number of aromatic nitrogens is 2. The summed E-state index contributed by atoms with van der Waals surface area (Å²) in [6.45, 7) is 1.60. The van der Waals surface area contributed by atoms with Crippen LogP contribution in [0, 0.1) is 0 Å². The number of likely N-dealkylation sites (tertiary alicyclic amines) is 1. The Kier molecular flexibility index (Phi) is 4.01. The molecule has 2 heterocycles. The smallest absolute Gasteiger partial charge is 0.272 e. The Balaban J connectivity index is 1.80. The predicted octanol–water partition coefficient (Wildman–Crippen LogP) is 3.11. The van der Waals surface area contributed by atoms with Gasteiger partial charge in [-0.1, -0.05) is 23.7 Å². The van der Waals surface area contributed by atoms with Crippen molar-refractivity contribution >= 4 is 29.1 Å². The van der Waals surface area contributed by atoms with Crippen molar-refractivity contribution in [3.63, 3.8) is 0 Å². The minimum Gasteiger partial charge on any atom is -0.337 e. The molecule has 0 unspecified atom stereocenters. The highest BCUT2D eigenvalue weighted by Crippen LogP contribution is 2.23. The molecule has 6 heteroatoms. The Labute approximate surface area is 128 Å². The fraction of sp³-hybridized carbons (Fsp3) is 0.267. The van der Waals surface area contributed by atoms with E-state index in [1.54, 1.807) is 18.3 Å². The molecule has 0 bridgehead atoms. The van der Waals surface area contributed by atoms with Crippen LogP contribution in [0.5, 0.6) is 0 Å². The summed E-state index contributed by atoms with van der Waals surface area (Å²) in [5.41, 5.74) is 1.12. The van der Waals surface area contributed by atoms with Gasteiger partial charge in [-0.15, -0.1) is 0 Å². The van der Waals surface area contributed by atoms with E-state index in [1.807, 2.05) is 23.1 Å². The van der Waals surface area contributed by atoms with Gasteiger partial charge >= 0.3 is 0 Å². The summed E-state index contributed by atoms with van der Waals surface area (Å²) in [7, 11) is 0. The summed E-state index contributed by atoms with van der Waals surface area (Å²) in [5.74, 6) is 0.324. The molecule has 1 aromatic heterocycles. The van der Waals surface area contributed by atoms with Crippen LogP contribution in [0.25, 0.3) is 0 Å². The average molecular weight is 303 g/mol. The van der Waals surface area contributed by atoms with Crippen LogP contribution < -0.4 is 5.32 Å². The molecule has 2 aromatic rings. The Bertz CT molecular complexity index is 656. The number of anilines is 2. The van der Waals surface area contributed by atoms with Crippen LogP contribution in [-0.2, 0) is 0 Å². The number of carbonyl (C=O) groups is 1. The SMILES string of the molecule is O=C(c1ccnc(Nc2ccccc2Cl)n1)N1CCCC1. The molecule has 21 heavy (non-hydrogen) atoms. The van der Waals surface area contributed by atoms with Gasteiger partial charge in [0, 0.05) is 19.3 Å². The number of carbonyl (C=O) groups excluding carboxylic acids is 1. The van der Waals surface area contributed by atoms with Crippen molar-refractivity contribution in [1.29, 1.82) is 0 Å². The van der Waals surface area contributed by atoms with Gasteiger partial charge in [0.25, 0.3) is 5.91 Å². The van der Waals surface area contributed by atoms with Crippen LogP contribution in [0.4, 0.5) is 11.6 Å². The van der Waals surface area contributed by atoms with Crippen molar-refractivity contribution in [1.82, 2.24) is 14.9 Å². The number of halogens is 1. The van der Waals surface area contributed by atoms with Gasteiger partial charge in [-0.2, -0.15) is 0 Å². The topological polar surface area (TPSA) is 58.1 Å². The largest absolute Gasteiger partial charge is 0.337 e. The first-order valence-corrected chi connectivity index (χ1v) is 7.26. The lowest BCUT2D eigenvalue weighted by molar-refractivity contribution is 0.0787. The number of rotatable bonds is 3. The molecule has 1 aliphatic heterocycles. The second-order valence-corrected chi connectivity index (χ2v) is 5.28. The fourth-order valence-electron chi connectivity index (χ4n) is 2.30. The third kappa shape index (κ3) is 3.13. The monoisotopic (exact) mass is 302 g/mol. The van der Waals surface area contributed by atoms with Gasteiger partial charge in [-0.25, -0.2) is 9.97 Å². The van der Waals surface area contributed by atoms with E-state index in [0.717, 1.165) is 25.9 Å². The maximum absolute atomic E-state index is 12.3. The molecule has 1 aromatic carbocycles. The summed E-state index contributed by atoms with van der Waals surface area (Å²) in [4.78, 5) is 22.5. The van der Waals surface area contributed by atoms with Crippen LogP contribution in [-0.4, -0.2) is 33.9 Å². The summed E-state index contributed by atoms with van der Waals surface area (Å²) >= 11 is 6.09. The first kappa shape index (κ1) is 13.8. The Morgan fingerprint density at radius 3 is 2.71 bits per heavy atom. The predicted molar refractivity (Wildman–Crippen MR) is 81.9 cm³/mol. The van der Waals surface area contributed by atoms with Gasteiger partial charge in [-0.05, 0) is 31.0 Å². The fourth-order valence-corrected chi connectivity index (χ4v) is 2.49. The number of para-hydroxylation sites is 1. The number of amides is 1. The minimum atomic E-state index is -0.0443. The lowest BCUT2D eigenvalue weighted by atomic mass is 10.3. The van der Waals surface area contributed by atoms with Crippen molar-refractivity contribution in [2.45, 2.75) is 12.8 Å². The van der Waals surface area contributed by atoms with Crippen LogP contribution >= 0.6 is 11.6 Å². The normalized spacial score (nSPS) is 14.2. The zero-order valence-corrected chi connectivity index (χ0v) is 12.2. The Morgan fingerprint density at radius 2 is 1.95 bits per heavy atom. The summed E-state index contributed by atoms with van der Waals surface area (Å²) < 4.78 is 0. The molecule has 3 rings (SSSR count). The highest BCUT2D eigenvalue weighted by atomic mass is 35.5. The van der Waals surface area contributed by atoms with E-state index in [4.69, 9.17) is 11.6 Å². The Morgan fingerprint density at radius 1 is 1.19 bits per heavy atom. The van der Waals surface area contributed by atoms with Crippen LogP contribution in [0.3, 0.4) is 0 Å². The second-order valence-electron chi connectivity index (χ2n) is 4.87. The molecule has 0 radical (unpaired) electrons. The quantitative estimate of drug-likeness (QED) is 0.946. The minimum absolute atomic E-state index is 0.0443. The van der Waals surface area contributed by atoms with Crippen molar-refractivity contribution in [2.24, 2.45) is 0 Å². The lowest BCUT2D eigenvalue weighted by Crippen LogP contribution is -2.28. The third-order valence-electron chi connectivity index (χ3n) is 3.39. The zero-order valence-electron chi connectivity index (χ0n) is 11.4. The maximum atomic E-state index is 12.3. The van der Waals surface area contributed by atoms with E-state index in [1.165, 1.54) is 0 Å². The molecular formula is C15H15ClN4O. The van der Waals surface area contributed by atoms with Gasteiger partial charge < -0.3 is 10.2 Å². The van der Waals surface area contributed by atoms with Crippen molar-refractivity contribution in [3.05, 3.63) is 47.2 Å². The zero-order chi connectivity index (χ0) is 14.7. The summed E-state index contributed by atoms with van der Waals surface area (Å²) in [6, 6.07) is 8.97. The third-order valence-corrected chi connectivity index (χ3v) is 3.72. The van der Waals surface area contributed by atoms with E-state index in [2.05, 4.69) is 15.3 Å². The van der Waals surface area contributed by atoms with E-state index >= 15 is 0 Å². The van der Waals surface area contributed by atoms with Crippen LogP contribution in [0.2, 0.25) is 5.02 Å². The molecule has 5 nitrogen and oxygen atoms in total. The number of hydrogen-bond donors (Lipinski definition) is 1. The molecule has 0 atom stereocenters. The highest BCUT2D eigenvalue weighted by molar-refractivity contribution is 6.33. The van der Waals surface area contributed by atoms with Gasteiger partial charge in [-0.3, -0.25) is 4.79 Å². The molecule has 1 fully saturated rings. The molecule has 0 aliphatic carbocycles. The first-order chi connectivity index (χ1) is 10.2. The number of nitrogens with zero attached hydrogens (tertiary/aromatic N) is 3. The molecule has 108 valence electrons. The van der Waals surface area contributed by atoms with E-state index in [-0.39, 0.29) is 5.91 Å². The van der Waals surface area contributed by atoms with Gasteiger partial charge in [0.05, 0.1) is 10.7 Å². The Hall–Kier alpha value is -2.14. The maximum Gasteiger partial charge on any atom is 0.272 e. The molecular weight excluding hydrogens is 288 g/mol. The molecule has 0 spiro atoms. The summed E-state index contributed by atoms with van der Waals surface area (Å²) in [6.07, 6.45) is 3.69. The number of benzene rings is 1. The lowest BCUT2D eigenvalue weighted by Gasteiger charge is -2.15.